The fourth-order valence-electron chi connectivity index (χ4n) is 2.59. The molecule has 0 spiro atoms. The first kappa shape index (κ1) is 13.1. The van der Waals surface area contributed by atoms with Crippen LogP contribution in [0.3, 0.4) is 0 Å². The maximum Gasteiger partial charge on any atom is 0.249 e. The Morgan fingerprint density at radius 2 is 2.17 bits per heavy atom. The SMILES string of the molecule is NC(=O)c1ccccc1CN1CCCCC1CO. The van der Waals surface area contributed by atoms with Crippen LogP contribution in [0.2, 0.25) is 0 Å². The number of primary amides is 1. The molecule has 1 aromatic carbocycles. The molecule has 4 heteroatoms. The van der Waals surface area contributed by atoms with E-state index in [4.69, 9.17) is 5.73 Å². The molecule has 0 bridgehead atoms. The van der Waals surface area contributed by atoms with E-state index in [1.165, 1.54) is 6.42 Å². The van der Waals surface area contributed by atoms with Crippen molar-refractivity contribution >= 4 is 5.91 Å². The van der Waals surface area contributed by atoms with Crippen molar-refractivity contribution in [3.63, 3.8) is 0 Å². The molecule has 1 aliphatic rings. The second-order valence-corrected chi connectivity index (χ2v) is 4.82. The lowest BCUT2D eigenvalue weighted by atomic mass is 10.00. The summed E-state index contributed by atoms with van der Waals surface area (Å²) in [7, 11) is 0. The van der Waals surface area contributed by atoms with Crippen LogP contribution in [-0.2, 0) is 6.54 Å². The van der Waals surface area contributed by atoms with Gasteiger partial charge in [0.05, 0.1) is 6.61 Å². The van der Waals surface area contributed by atoms with Crippen molar-refractivity contribution < 1.29 is 9.90 Å². The van der Waals surface area contributed by atoms with Gasteiger partial charge in [-0.2, -0.15) is 0 Å². The molecule has 4 nitrogen and oxygen atoms in total. The van der Waals surface area contributed by atoms with Gasteiger partial charge in [0.2, 0.25) is 5.91 Å². The van der Waals surface area contributed by atoms with E-state index in [0.29, 0.717) is 12.1 Å². The number of amides is 1. The molecule has 1 atom stereocenters. The van der Waals surface area contributed by atoms with Gasteiger partial charge in [0, 0.05) is 18.2 Å². The lowest BCUT2D eigenvalue weighted by molar-refractivity contribution is 0.0833. The van der Waals surface area contributed by atoms with Crippen molar-refractivity contribution in [1.82, 2.24) is 4.90 Å². The Morgan fingerprint density at radius 1 is 1.39 bits per heavy atom. The highest BCUT2D eigenvalue weighted by atomic mass is 16.3. The van der Waals surface area contributed by atoms with Crippen LogP contribution >= 0.6 is 0 Å². The number of likely N-dealkylation sites (tertiary alicyclic amines) is 1. The van der Waals surface area contributed by atoms with E-state index < -0.39 is 0 Å². The fourth-order valence-corrected chi connectivity index (χ4v) is 2.59. The maximum absolute atomic E-state index is 11.4. The molecule has 1 amide bonds. The first-order valence-corrected chi connectivity index (χ1v) is 6.45. The monoisotopic (exact) mass is 248 g/mol. The number of nitrogens with two attached hydrogens (primary N) is 1. The number of aliphatic hydroxyl groups excluding tert-OH is 1. The highest BCUT2D eigenvalue weighted by molar-refractivity contribution is 5.94. The van der Waals surface area contributed by atoms with Gasteiger partial charge in [0.25, 0.3) is 0 Å². The Labute approximate surface area is 107 Å². The van der Waals surface area contributed by atoms with Crippen molar-refractivity contribution in [2.75, 3.05) is 13.2 Å². The van der Waals surface area contributed by atoms with Crippen molar-refractivity contribution in [2.45, 2.75) is 31.8 Å². The molecule has 1 aromatic rings. The minimum absolute atomic E-state index is 0.179. The van der Waals surface area contributed by atoms with E-state index in [1.54, 1.807) is 6.07 Å². The number of aliphatic hydroxyl groups is 1. The average Bonchev–Trinajstić information content (AvgIpc) is 2.40. The van der Waals surface area contributed by atoms with E-state index in [1.807, 2.05) is 18.2 Å². The standard InChI is InChI=1S/C14H20N2O2/c15-14(18)13-7-2-1-5-11(13)9-16-8-4-3-6-12(16)10-17/h1-2,5,7,12,17H,3-4,6,8-10H2,(H2,15,18). The van der Waals surface area contributed by atoms with E-state index in [0.717, 1.165) is 24.9 Å². The summed E-state index contributed by atoms with van der Waals surface area (Å²) in [6, 6.07) is 7.64. The first-order valence-electron chi connectivity index (χ1n) is 6.45. The number of hydrogen-bond acceptors (Lipinski definition) is 3. The molecular weight excluding hydrogens is 228 g/mol. The Kier molecular flexibility index (Phi) is 4.33. The molecule has 1 fully saturated rings. The second kappa shape index (κ2) is 5.98. The van der Waals surface area contributed by atoms with Gasteiger partial charge in [-0.05, 0) is 31.0 Å². The van der Waals surface area contributed by atoms with Gasteiger partial charge in [0.15, 0.2) is 0 Å². The summed E-state index contributed by atoms with van der Waals surface area (Å²) in [5, 5.41) is 9.38. The first-order chi connectivity index (χ1) is 8.72. The summed E-state index contributed by atoms with van der Waals surface area (Å²) in [6.45, 7) is 1.83. The topological polar surface area (TPSA) is 66.6 Å². The van der Waals surface area contributed by atoms with Crippen LogP contribution in [-0.4, -0.2) is 35.1 Å². The third kappa shape index (κ3) is 2.89. The van der Waals surface area contributed by atoms with Crippen LogP contribution in [0, 0.1) is 0 Å². The van der Waals surface area contributed by atoms with Gasteiger partial charge in [-0.15, -0.1) is 0 Å². The molecule has 2 rings (SSSR count). The number of carbonyl (C=O) groups is 1. The summed E-state index contributed by atoms with van der Waals surface area (Å²) in [6.07, 6.45) is 3.34. The minimum atomic E-state index is -0.386. The van der Waals surface area contributed by atoms with Crippen LogP contribution < -0.4 is 5.73 Å². The minimum Gasteiger partial charge on any atom is -0.395 e. The predicted molar refractivity (Wildman–Crippen MR) is 70.1 cm³/mol. The van der Waals surface area contributed by atoms with Crippen molar-refractivity contribution in [1.29, 1.82) is 0 Å². The molecule has 0 saturated carbocycles. The van der Waals surface area contributed by atoms with Gasteiger partial charge < -0.3 is 10.8 Å². The second-order valence-electron chi connectivity index (χ2n) is 4.82. The molecule has 0 aliphatic carbocycles. The average molecular weight is 248 g/mol. The molecule has 1 saturated heterocycles. The Hall–Kier alpha value is -1.39. The third-order valence-electron chi connectivity index (χ3n) is 3.62. The highest BCUT2D eigenvalue weighted by Crippen LogP contribution is 2.20. The molecule has 3 N–H and O–H groups in total. The van der Waals surface area contributed by atoms with Gasteiger partial charge >= 0.3 is 0 Å². The van der Waals surface area contributed by atoms with Crippen LogP contribution in [0.4, 0.5) is 0 Å². The lowest BCUT2D eigenvalue weighted by Gasteiger charge is -2.34. The van der Waals surface area contributed by atoms with Gasteiger partial charge in [-0.3, -0.25) is 9.69 Å². The Morgan fingerprint density at radius 3 is 2.89 bits per heavy atom. The number of benzene rings is 1. The highest BCUT2D eigenvalue weighted by Gasteiger charge is 2.22. The van der Waals surface area contributed by atoms with Crippen LogP contribution in [0.5, 0.6) is 0 Å². The molecule has 1 aliphatic heterocycles. The number of nitrogens with zero attached hydrogens (tertiary/aromatic N) is 1. The number of rotatable bonds is 4. The zero-order valence-corrected chi connectivity index (χ0v) is 10.5. The zero-order valence-electron chi connectivity index (χ0n) is 10.5. The smallest absolute Gasteiger partial charge is 0.249 e. The predicted octanol–water partition coefficient (Wildman–Crippen LogP) is 1.13. The molecular formula is C14H20N2O2. The van der Waals surface area contributed by atoms with Crippen molar-refractivity contribution in [3.05, 3.63) is 35.4 Å². The lowest BCUT2D eigenvalue weighted by Crippen LogP contribution is -2.41. The van der Waals surface area contributed by atoms with E-state index in [-0.39, 0.29) is 18.6 Å². The summed E-state index contributed by atoms with van der Waals surface area (Å²) >= 11 is 0. The van der Waals surface area contributed by atoms with Crippen LogP contribution in [0.25, 0.3) is 0 Å². The van der Waals surface area contributed by atoms with E-state index >= 15 is 0 Å². The van der Waals surface area contributed by atoms with E-state index in [9.17, 15) is 9.90 Å². The van der Waals surface area contributed by atoms with Crippen LogP contribution in [0.15, 0.2) is 24.3 Å². The molecule has 0 radical (unpaired) electrons. The largest absolute Gasteiger partial charge is 0.395 e. The summed E-state index contributed by atoms with van der Waals surface area (Å²) in [5.41, 5.74) is 6.91. The fraction of sp³-hybridized carbons (Fsp3) is 0.500. The molecule has 1 heterocycles. The maximum atomic E-state index is 11.4. The summed E-state index contributed by atoms with van der Waals surface area (Å²) < 4.78 is 0. The Bertz CT molecular complexity index is 420. The van der Waals surface area contributed by atoms with E-state index in [2.05, 4.69) is 4.90 Å². The molecule has 1 unspecified atom stereocenters. The summed E-state index contributed by atoms with van der Waals surface area (Å²) in [4.78, 5) is 13.6. The zero-order chi connectivity index (χ0) is 13.0. The number of piperidine rings is 1. The Balaban J connectivity index is 2.15. The molecule has 0 aromatic heterocycles. The molecule has 98 valence electrons. The third-order valence-corrected chi connectivity index (χ3v) is 3.62. The molecule has 18 heavy (non-hydrogen) atoms. The summed E-state index contributed by atoms with van der Waals surface area (Å²) in [5.74, 6) is -0.386. The van der Waals surface area contributed by atoms with Crippen molar-refractivity contribution in [3.8, 4) is 0 Å². The van der Waals surface area contributed by atoms with Gasteiger partial charge in [-0.25, -0.2) is 0 Å². The van der Waals surface area contributed by atoms with Crippen molar-refractivity contribution in [2.24, 2.45) is 5.73 Å². The normalized spacial score (nSPS) is 20.8. The van der Waals surface area contributed by atoms with Gasteiger partial charge in [-0.1, -0.05) is 24.6 Å². The quantitative estimate of drug-likeness (QED) is 0.839. The van der Waals surface area contributed by atoms with Crippen LogP contribution in [0.1, 0.15) is 35.2 Å². The number of hydrogen-bond donors (Lipinski definition) is 2. The van der Waals surface area contributed by atoms with Gasteiger partial charge in [0.1, 0.15) is 0 Å². The number of carbonyl (C=O) groups excluding carboxylic acids is 1.